The summed E-state index contributed by atoms with van der Waals surface area (Å²) in [5.74, 6) is -2.76. The summed E-state index contributed by atoms with van der Waals surface area (Å²) < 4.78 is 0. The lowest BCUT2D eigenvalue weighted by atomic mass is 10.1. The molecule has 0 bridgehead atoms. The highest BCUT2D eigenvalue weighted by molar-refractivity contribution is 5.92. The smallest absolute Gasteiger partial charge is 0.326 e. The third kappa shape index (κ3) is 6.63. The first-order valence-electron chi connectivity index (χ1n) is 10.2. The topological polar surface area (TPSA) is 194 Å². The van der Waals surface area contributed by atoms with E-state index in [0.29, 0.717) is 17.8 Å². The van der Waals surface area contributed by atoms with Crippen LogP contribution in [0, 0.1) is 0 Å². The SMILES string of the molecule is O=C(CNC(=O)C1CCCN1)NC(Cc1cnc[nH]1)C(=O)NC(Cc1cnc[nH]1)C(=O)O. The van der Waals surface area contributed by atoms with Gasteiger partial charge in [-0.05, 0) is 19.4 Å². The number of imidazole rings is 2. The molecule has 3 unspecified atom stereocenters. The van der Waals surface area contributed by atoms with Crippen molar-refractivity contribution < 1.29 is 24.3 Å². The van der Waals surface area contributed by atoms with E-state index in [2.05, 4.69) is 41.2 Å². The first-order valence-corrected chi connectivity index (χ1v) is 10.2. The molecule has 1 saturated heterocycles. The number of aliphatic carboxylic acids is 1. The van der Waals surface area contributed by atoms with E-state index < -0.39 is 29.9 Å². The Hall–Kier alpha value is -3.74. The standard InChI is InChI=1S/C19H26N8O5/c28-16(8-23-17(29)13-2-1-3-22-13)26-14(4-11-6-20-9-24-11)18(30)27-15(19(31)32)5-12-7-21-10-25-12/h6-7,9-10,13-15,22H,1-5,8H2,(H,20,24)(H,21,25)(H,23,29)(H,26,28)(H,27,30)(H,31,32). The van der Waals surface area contributed by atoms with Gasteiger partial charge in [-0.25, -0.2) is 14.8 Å². The van der Waals surface area contributed by atoms with E-state index in [1.165, 1.54) is 25.0 Å². The fourth-order valence-electron chi connectivity index (χ4n) is 3.36. The van der Waals surface area contributed by atoms with E-state index in [-0.39, 0.29) is 31.3 Å². The second kappa shape index (κ2) is 11.0. The quantitative estimate of drug-likeness (QED) is 0.203. The molecule has 3 amide bonds. The van der Waals surface area contributed by atoms with Gasteiger partial charge in [0, 0.05) is 36.6 Å². The first-order chi connectivity index (χ1) is 15.4. The lowest BCUT2D eigenvalue weighted by Crippen LogP contribution is -2.54. The van der Waals surface area contributed by atoms with Crippen molar-refractivity contribution in [2.75, 3.05) is 13.1 Å². The van der Waals surface area contributed by atoms with Crippen LogP contribution in [0.3, 0.4) is 0 Å². The van der Waals surface area contributed by atoms with Gasteiger partial charge in [0.2, 0.25) is 17.7 Å². The number of carboxylic acid groups (broad SMARTS) is 1. The van der Waals surface area contributed by atoms with Gasteiger partial charge in [0.05, 0.1) is 25.2 Å². The van der Waals surface area contributed by atoms with Crippen LogP contribution in [0.25, 0.3) is 0 Å². The average molecular weight is 446 g/mol. The van der Waals surface area contributed by atoms with E-state index in [1.54, 1.807) is 0 Å². The van der Waals surface area contributed by atoms with Gasteiger partial charge in [-0.1, -0.05) is 0 Å². The van der Waals surface area contributed by atoms with Crippen LogP contribution in [0.4, 0.5) is 0 Å². The molecule has 13 heteroatoms. The van der Waals surface area contributed by atoms with E-state index in [9.17, 15) is 24.3 Å². The van der Waals surface area contributed by atoms with Crippen molar-refractivity contribution in [2.24, 2.45) is 0 Å². The van der Waals surface area contributed by atoms with Crippen LogP contribution >= 0.6 is 0 Å². The Balaban J connectivity index is 1.60. The molecular formula is C19H26N8O5. The van der Waals surface area contributed by atoms with Crippen molar-refractivity contribution in [1.29, 1.82) is 0 Å². The van der Waals surface area contributed by atoms with Crippen LogP contribution in [-0.2, 0) is 32.0 Å². The molecule has 1 aliphatic heterocycles. The van der Waals surface area contributed by atoms with Gasteiger partial charge in [-0.2, -0.15) is 0 Å². The highest BCUT2D eigenvalue weighted by Gasteiger charge is 2.28. The summed E-state index contributed by atoms with van der Waals surface area (Å²) in [6.07, 6.45) is 7.45. The van der Waals surface area contributed by atoms with E-state index in [4.69, 9.17) is 0 Å². The number of hydrogen-bond donors (Lipinski definition) is 7. The Morgan fingerprint density at radius 2 is 1.69 bits per heavy atom. The second-order valence-electron chi connectivity index (χ2n) is 7.45. The lowest BCUT2D eigenvalue weighted by molar-refractivity contribution is -0.142. The van der Waals surface area contributed by atoms with Crippen LogP contribution < -0.4 is 21.3 Å². The summed E-state index contributed by atoms with van der Waals surface area (Å²) in [6, 6.07) is -2.63. The Bertz CT molecular complexity index is 908. The lowest BCUT2D eigenvalue weighted by Gasteiger charge is -2.21. The molecule has 13 nitrogen and oxygen atoms in total. The molecule has 3 heterocycles. The molecule has 0 spiro atoms. The number of nitrogens with zero attached hydrogens (tertiary/aromatic N) is 2. The summed E-state index contributed by atoms with van der Waals surface area (Å²) in [5.41, 5.74) is 1.11. The molecule has 2 aromatic heterocycles. The molecule has 2 aromatic rings. The van der Waals surface area contributed by atoms with Gasteiger partial charge >= 0.3 is 5.97 Å². The number of aromatic amines is 2. The number of hydrogen-bond acceptors (Lipinski definition) is 7. The zero-order valence-electron chi connectivity index (χ0n) is 17.3. The Morgan fingerprint density at radius 3 is 2.22 bits per heavy atom. The largest absolute Gasteiger partial charge is 0.480 e. The van der Waals surface area contributed by atoms with Gasteiger partial charge in [-0.3, -0.25) is 14.4 Å². The molecule has 172 valence electrons. The average Bonchev–Trinajstić information content (AvgIpc) is 3.54. The Kier molecular flexibility index (Phi) is 7.91. The molecule has 3 atom stereocenters. The zero-order valence-corrected chi connectivity index (χ0v) is 17.3. The molecule has 0 radical (unpaired) electrons. The number of carboxylic acids is 1. The third-order valence-electron chi connectivity index (χ3n) is 5.02. The number of carbonyl (C=O) groups is 4. The molecule has 7 N–H and O–H groups in total. The third-order valence-corrected chi connectivity index (χ3v) is 5.02. The predicted molar refractivity (Wildman–Crippen MR) is 110 cm³/mol. The summed E-state index contributed by atoms with van der Waals surface area (Å²) in [7, 11) is 0. The van der Waals surface area contributed by atoms with Gasteiger partial charge in [0.1, 0.15) is 12.1 Å². The maximum absolute atomic E-state index is 12.8. The van der Waals surface area contributed by atoms with Crippen LogP contribution in [-0.4, -0.2) is 79.9 Å². The van der Waals surface area contributed by atoms with E-state index >= 15 is 0 Å². The molecule has 3 rings (SSSR count). The minimum absolute atomic E-state index is 0.00373. The first kappa shape index (κ1) is 22.9. The van der Waals surface area contributed by atoms with E-state index in [1.807, 2.05) is 0 Å². The summed E-state index contributed by atoms with van der Waals surface area (Å²) in [5, 5.41) is 20.1. The number of aromatic nitrogens is 4. The van der Waals surface area contributed by atoms with Crippen LogP contribution in [0.2, 0.25) is 0 Å². The summed E-state index contributed by atoms with van der Waals surface area (Å²) >= 11 is 0. The fraction of sp³-hybridized carbons (Fsp3) is 0.474. The van der Waals surface area contributed by atoms with Gasteiger partial charge in [-0.15, -0.1) is 0 Å². The monoisotopic (exact) mass is 446 g/mol. The highest BCUT2D eigenvalue weighted by Crippen LogP contribution is 2.05. The normalized spacial score (nSPS) is 17.3. The molecule has 32 heavy (non-hydrogen) atoms. The number of amides is 3. The van der Waals surface area contributed by atoms with Crippen molar-refractivity contribution in [3.63, 3.8) is 0 Å². The van der Waals surface area contributed by atoms with Crippen molar-refractivity contribution in [3.05, 3.63) is 36.4 Å². The number of H-pyrrole nitrogens is 2. The van der Waals surface area contributed by atoms with Gasteiger partial charge < -0.3 is 36.3 Å². The van der Waals surface area contributed by atoms with Gasteiger partial charge in [0.15, 0.2) is 0 Å². The van der Waals surface area contributed by atoms with Crippen LogP contribution in [0.5, 0.6) is 0 Å². The molecule has 1 fully saturated rings. The zero-order chi connectivity index (χ0) is 22.9. The Morgan fingerprint density at radius 1 is 1.03 bits per heavy atom. The van der Waals surface area contributed by atoms with E-state index in [0.717, 1.165) is 13.0 Å². The molecule has 0 aromatic carbocycles. The highest BCUT2D eigenvalue weighted by atomic mass is 16.4. The summed E-state index contributed by atoms with van der Waals surface area (Å²) in [4.78, 5) is 62.3. The minimum atomic E-state index is -1.23. The molecular weight excluding hydrogens is 420 g/mol. The van der Waals surface area contributed by atoms with Crippen molar-refractivity contribution in [3.8, 4) is 0 Å². The number of carbonyl (C=O) groups excluding carboxylic acids is 3. The maximum Gasteiger partial charge on any atom is 0.326 e. The van der Waals surface area contributed by atoms with Crippen molar-refractivity contribution >= 4 is 23.7 Å². The van der Waals surface area contributed by atoms with Crippen molar-refractivity contribution in [1.82, 2.24) is 41.2 Å². The predicted octanol–water partition coefficient (Wildman–Crippen LogP) is -2.16. The summed E-state index contributed by atoms with van der Waals surface area (Å²) in [6.45, 7) is 0.445. The molecule has 0 saturated carbocycles. The van der Waals surface area contributed by atoms with Crippen LogP contribution in [0.1, 0.15) is 24.2 Å². The molecule has 1 aliphatic rings. The number of nitrogens with one attached hydrogen (secondary N) is 6. The van der Waals surface area contributed by atoms with Crippen molar-refractivity contribution in [2.45, 2.75) is 43.8 Å². The minimum Gasteiger partial charge on any atom is -0.480 e. The van der Waals surface area contributed by atoms with Gasteiger partial charge in [0.25, 0.3) is 0 Å². The van der Waals surface area contributed by atoms with Crippen LogP contribution in [0.15, 0.2) is 25.0 Å². The Labute approximate surface area is 183 Å². The maximum atomic E-state index is 12.8. The molecule has 0 aliphatic carbocycles. The second-order valence-corrected chi connectivity index (χ2v) is 7.45. The number of rotatable bonds is 11. The fourth-order valence-corrected chi connectivity index (χ4v) is 3.36.